The van der Waals surface area contributed by atoms with Crippen LogP contribution in [-0.2, 0) is 4.79 Å². The lowest BCUT2D eigenvalue weighted by Crippen LogP contribution is -2.30. The lowest BCUT2D eigenvalue weighted by atomic mass is 10.3. The van der Waals surface area contributed by atoms with Gasteiger partial charge in [0.05, 0.1) is 0 Å². The van der Waals surface area contributed by atoms with Crippen LogP contribution in [0.25, 0.3) is 0 Å². The number of nitrogens with one attached hydrogen (secondary N) is 1. The lowest BCUT2D eigenvalue weighted by Gasteiger charge is -2.13. The van der Waals surface area contributed by atoms with E-state index in [2.05, 4.69) is 29.4 Å². The number of halogens is 1. The summed E-state index contributed by atoms with van der Waals surface area (Å²) in [6, 6.07) is 5.52. The lowest BCUT2D eigenvalue weighted by molar-refractivity contribution is -0.122. The number of thioether (sulfide) groups is 1. The third kappa shape index (κ3) is 5.80. The highest BCUT2D eigenvalue weighted by atomic mass is 32.2. The number of anilines is 1. The summed E-state index contributed by atoms with van der Waals surface area (Å²) in [6.07, 6.45) is -0.726. The first-order chi connectivity index (χ1) is 10.9. The maximum atomic E-state index is 12.8. The Hall–Kier alpha value is -1.67. The van der Waals surface area contributed by atoms with E-state index in [1.165, 1.54) is 35.6 Å². The van der Waals surface area contributed by atoms with Gasteiger partial charge in [0.2, 0.25) is 5.13 Å². The molecule has 0 unspecified atom stereocenters. The van der Waals surface area contributed by atoms with Crippen molar-refractivity contribution in [3.8, 4) is 5.75 Å². The van der Waals surface area contributed by atoms with E-state index in [9.17, 15) is 9.18 Å². The fourth-order valence-electron chi connectivity index (χ4n) is 1.53. The minimum Gasteiger partial charge on any atom is -0.481 e. The van der Waals surface area contributed by atoms with E-state index in [0.29, 0.717) is 16.8 Å². The second-order valence-electron chi connectivity index (χ2n) is 5.28. The molecule has 1 heterocycles. The number of hydrogen-bond acceptors (Lipinski definition) is 6. The first-order valence-electron chi connectivity index (χ1n) is 7.13. The summed E-state index contributed by atoms with van der Waals surface area (Å²) in [7, 11) is 0. The van der Waals surface area contributed by atoms with Crippen LogP contribution in [0.2, 0.25) is 0 Å². The van der Waals surface area contributed by atoms with Gasteiger partial charge in [-0.3, -0.25) is 10.1 Å². The smallest absolute Gasteiger partial charge is 0.266 e. The van der Waals surface area contributed by atoms with Crippen molar-refractivity contribution in [1.82, 2.24) is 10.2 Å². The summed E-state index contributed by atoms with van der Waals surface area (Å²) < 4.78 is 19.1. The predicted octanol–water partition coefficient (Wildman–Crippen LogP) is 3.83. The van der Waals surface area contributed by atoms with Crippen molar-refractivity contribution in [3.05, 3.63) is 30.1 Å². The Morgan fingerprint density at radius 3 is 2.65 bits per heavy atom. The zero-order valence-electron chi connectivity index (χ0n) is 13.1. The highest BCUT2D eigenvalue weighted by molar-refractivity contribution is 8.01. The molecule has 0 radical (unpaired) electrons. The van der Waals surface area contributed by atoms with Crippen LogP contribution in [0.5, 0.6) is 5.75 Å². The molecule has 23 heavy (non-hydrogen) atoms. The summed E-state index contributed by atoms with van der Waals surface area (Å²) in [6.45, 7) is 5.88. The van der Waals surface area contributed by atoms with E-state index in [4.69, 9.17) is 4.74 Å². The van der Waals surface area contributed by atoms with Gasteiger partial charge in [0.1, 0.15) is 11.6 Å². The van der Waals surface area contributed by atoms with Gasteiger partial charge in [0.15, 0.2) is 10.4 Å². The third-order valence-corrected chi connectivity index (χ3v) is 5.07. The Bertz CT molecular complexity index is 646. The largest absolute Gasteiger partial charge is 0.481 e. The number of nitrogens with zero attached hydrogens (tertiary/aromatic N) is 2. The number of carbonyl (C=O) groups is 1. The van der Waals surface area contributed by atoms with E-state index >= 15 is 0 Å². The second kappa shape index (κ2) is 8.26. The zero-order chi connectivity index (χ0) is 16.8. The highest BCUT2D eigenvalue weighted by Gasteiger charge is 2.17. The summed E-state index contributed by atoms with van der Waals surface area (Å²) in [5, 5.41) is 11.1. The number of hydrogen-bond donors (Lipinski definition) is 1. The Morgan fingerprint density at radius 1 is 1.30 bits per heavy atom. The molecule has 0 aliphatic heterocycles. The van der Waals surface area contributed by atoms with E-state index in [1.807, 2.05) is 0 Å². The SMILES string of the molecule is CC(C)CSc1nnc(NC(=O)[C@@H](C)Oc2ccc(F)cc2)s1. The second-order valence-corrected chi connectivity index (χ2v) is 7.53. The van der Waals surface area contributed by atoms with Crippen LogP contribution in [0.1, 0.15) is 20.8 Å². The summed E-state index contributed by atoms with van der Waals surface area (Å²) in [4.78, 5) is 12.1. The van der Waals surface area contributed by atoms with Gasteiger partial charge in [-0.05, 0) is 37.1 Å². The quantitative estimate of drug-likeness (QED) is 0.604. The molecule has 5 nitrogen and oxygen atoms in total. The Balaban J connectivity index is 1.86. The molecule has 0 saturated heterocycles. The molecule has 0 aliphatic carbocycles. The van der Waals surface area contributed by atoms with Gasteiger partial charge in [-0.15, -0.1) is 10.2 Å². The number of rotatable bonds is 7. The number of ether oxygens (including phenoxy) is 1. The molecule has 0 bridgehead atoms. The van der Waals surface area contributed by atoms with Gasteiger partial charge >= 0.3 is 0 Å². The van der Waals surface area contributed by atoms with E-state index in [-0.39, 0.29) is 11.7 Å². The maximum Gasteiger partial charge on any atom is 0.266 e. The van der Waals surface area contributed by atoms with Crippen LogP contribution in [0.4, 0.5) is 9.52 Å². The molecule has 1 aromatic carbocycles. The van der Waals surface area contributed by atoms with Crippen molar-refractivity contribution in [3.63, 3.8) is 0 Å². The molecule has 0 spiro atoms. The first kappa shape index (κ1) is 17.7. The fourth-order valence-corrected chi connectivity index (χ4v) is 3.27. The molecular formula is C15H18FN3O2S2. The monoisotopic (exact) mass is 355 g/mol. The average molecular weight is 355 g/mol. The van der Waals surface area contributed by atoms with Crippen molar-refractivity contribution in [2.75, 3.05) is 11.1 Å². The Kier molecular flexibility index (Phi) is 6.35. The molecule has 124 valence electrons. The number of amides is 1. The molecule has 2 aromatic rings. The standard InChI is InChI=1S/C15H18FN3O2S2/c1-9(2)8-22-15-19-18-14(23-15)17-13(20)10(3)21-12-6-4-11(16)5-7-12/h4-7,9-10H,8H2,1-3H3,(H,17,18,20)/t10-/m1/s1. The van der Waals surface area contributed by atoms with E-state index in [1.54, 1.807) is 18.7 Å². The van der Waals surface area contributed by atoms with Crippen LogP contribution in [-0.4, -0.2) is 28.0 Å². The number of aromatic nitrogens is 2. The Morgan fingerprint density at radius 2 is 2.00 bits per heavy atom. The highest BCUT2D eigenvalue weighted by Crippen LogP contribution is 2.27. The van der Waals surface area contributed by atoms with Crippen LogP contribution in [0.15, 0.2) is 28.6 Å². The van der Waals surface area contributed by atoms with Crippen molar-refractivity contribution in [1.29, 1.82) is 0 Å². The number of benzene rings is 1. The Labute approximate surface area is 142 Å². The fraction of sp³-hybridized carbons (Fsp3) is 0.400. The molecule has 1 atom stereocenters. The van der Waals surface area contributed by atoms with Gasteiger partial charge in [-0.1, -0.05) is 36.9 Å². The predicted molar refractivity (Wildman–Crippen MR) is 90.6 cm³/mol. The van der Waals surface area contributed by atoms with E-state index < -0.39 is 6.10 Å². The van der Waals surface area contributed by atoms with Crippen LogP contribution in [0.3, 0.4) is 0 Å². The molecule has 2 rings (SSSR count). The van der Waals surface area contributed by atoms with Gasteiger partial charge in [-0.25, -0.2) is 4.39 Å². The summed E-state index contributed by atoms with van der Waals surface area (Å²) in [5.41, 5.74) is 0. The van der Waals surface area contributed by atoms with Crippen LogP contribution < -0.4 is 10.1 Å². The van der Waals surface area contributed by atoms with Crippen molar-refractivity contribution in [2.24, 2.45) is 5.92 Å². The molecule has 8 heteroatoms. The summed E-state index contributed by atoms with van der Waals surface area (Å²) >= 11 is 2.95. The van der Waals surface area contributed by atoms with Gasteiger partial charge in [-0.2, -0.15) is 0 Å². The molecule has 0 aliphatic rings. The van der Waals surface area contributed by atoms with Crippen molar-refractivity contribution in [2.45, 2.75) is 31.2 Å². The van der Waals surface area contributed by atoms with Crippen LogP contribution in [0, 0.1) is 11.7 Å². The molecular weight excluding hydrogens is 337 g/mol. The number of carbonyl (C=O) groups excluding carboxylic acids is 1. The molecule has 1 aromatic heterocycles. The zero-order valence-corrected chi connectivity index (χ0v) is 14.7. The normalized spacial score (nSPS) is 12.2. The summed E-state index contributed by atoms with van der Waals surface area (Å²) in [5.74, 6) is 1.26. The van der Waals surface area contributed by atoms with Gasteiger partial charge in [0, 0.05) is 5.75 Å². The molecule has 0 fully saturated rings. The van der Waals surface area contributed by atoms with Crippen LogP contribution >= 0.6 is 23.1 Å². The molecule has 0 saturated carbocycles. The van der Waals surface area contributed by atoms with Gasteiger partial charge < -0.3 is 4.74 Å². The average Bonchev–Trinajstić information content (AvgIpc) is 2.95. The molecule has 1 amide bonds. The minimum absolute atomic E-state index is 0.328. The topological polar surface area (TPSA) is 64.1 Å². The minimum atomic E-state index is -0.726. The van der Waals surface area contributed by atoms with Crippen molar-refractivity contribution >= 4 is 34.1 Å². The van der Waals surface area contributed by atoms with Crippen molar-refractivity contribution < 1.29 is 13.9 Å². The third-order valence-electron chi connectivity index (χ3n) is 2.67. The maximum absolute atomic E-state index is 12.8. The van der Waals surface area contributed by atoms with Gasteiger partial charge in [0.25, 0.3) is 5.91 Å². The van der Waals surface area contributed by atoms with E-state index in [0.717, 1.165) is 10.1 Å². The molecule has 1 N–H and O–H groups in total. The first-order valence-corrected chi connectivity index (χ1v) is 8.93.